The first kappa shape index (κ1) is 13.7. The summed E-state index contributed by atoms with van der Waals surface area (Å²) >= 11 is 5.19. The zero-order valence-corrected chi connectivity index (χ0v) is 12.6. The van der Waals surface area contributed by atoms with E-state index in [-0.39, 0.29) is 5.97 Å². The number of carbonyl (C=O) groups excluding carboxylic acids is 1. The van der Waals surface area contributed by atoms with Gasteiger partial charge in [-0.25, -0.2) is 4.79 Å². The Kier molecular flexibility index (Phi) is 4.56. The molecule has 0 spiro atoms. The molecule has 1 aromatic rings. The summed E-state index contributed by atoms with van der Waals surface area (Å²) in [4.78, 5) is 12.1. The van der Waals surface area contributed by atoms with Gasteiger partial charge in [0.2, 0.25) is 0 Å². The fraction of sp³-hybridized carbons (Fsp3) is 0.462. The quantitative estimate of drug-likeness (QED) is 0.860. The van der Waals surface area contributed by atoms with Crippen LogP contribution in [-0.2, 0) is 9.53 Å². The molecule has 3 nitrogen and oxygen atoms in total. The number of rotatable bonds is 4. The molecule has 0 aliphatic carbocycles. The number of benzene rings is 1. The minimum Gasteiger partial charge on any atom is -0.464 e. The molecule has 1 aliphatic heterocycles. The Labute approximate surface area is 120 Å². The first-order valence-electron chi connectivity index (χ1n) is 5.95. The molecule has 1 N–H and O–H groups in total. The summed E-state index contributed by atoms with van der Waals surface area (Å²) in [5.74, 6) is 1.61. The minimum atomic E-state index is -0.561. The Bertz CT molecular complexity index is 416. The van der Waals surface area contributed by atoms with Crippen LogP contribution in [0.5, 0.6) is 0 Å². The van der Waals surface area contributed by atoms with Gasteiger partial charge in [0, 0.05) is 15.9 Å². The molecular formula is C13H16BrNO2S. The SMILES string of the molecule is CCOC(=O)C1(Nc2ccc(Br)cc2)CCSC1. The lowest BCUT2D eigenvalue weighted by atomic mass is 9.98. The predicted molar refractivity (Wildman–Crippen MR) is 79.1 cm³/mol. The number of thioether (sulfide) groups is 1. The van der Waals surface area contributed by atoms with E-state index in [9.17, 15) is 4.79 Å². The summed E-state index contributed by atoms with van der Waals surface area (Å²) in [5, 5.41) is 3.35. The first-order chi connectivity index (χ1) is 8.66. The highest BCUT2D eigenvalue weighted by atomic mass is 79.9. The summed E-state index contributed by atoms with van der Waals surface area (Å²) < 4.78 is 6.23. The van der Waals surface area contributed by atoms with Crippen molar-refractivity contribution in [3.8, 4) is 0 Å². The van der Waals surface area contributed by atoms with Crippen LogP contribution in [0, 0.1) is 0 Å². The van der Waals surface area contributed by atoms with E-state index in [1.54, 1.807) is 11.8 Å². The highest BCUT2D eigenvalue weighted by molar-refractivity contribution is 9.10. The van der Waals surface area contributed by atoms with Crippen LogP contribution in [0.15, 0.2) is 28.7 Å². The maximum atomic E-state index is 12.1. The zero-order chi connectivity index (χ0) is 13.0. The number of ether oxygens (including phenoxy) is 1. The Morgan fingerprint density at radius 2 is 2.22 bits per heavy atom. The number of hydrogen-bond acceptors (Lipinski definition) is 4. The van der Waals surface area contributed by atoms with Crippen LogP contribution in [0.4, 0.5) is 5.69 Å². The average molecular weight is 330 g/mol. The molecule has 0 saturated carbocycles. The van der Waals surface area contributed by atoms with Crippen molar-refractivity contribution in [1.82, 2.24) is 0 Å². The molecule has 2 rings (SSSR count). The molecule has 5 heteroatoms. The minimum absolute atomic E-state index is 0.141. The van der Waals surface area contributed by atoms with Crippen molar-refractivity contribution in [1.29, 1.82) is 0 Å². The molecule has 0 radical (unpaired) electrons. The lowest BCUT2D eigenvalue weighted by Crippen LogP contribution is -2.47. The van der Waals surface area contributed by atoms with Crippen molar-refractivity contribution < 1.29 is 9.53 Å². The van der Waals surface area contributed by atoms with E-state index >= 15 is 0 Å². The number of nitrogens with one attached hydrogen (secondary N) is 1. The molecule has 1 saturated heterocycles. The van der Waals surface area contributed by atoms with Crippen LogP contribution >= 0.6 is 27.7 Å². The van der Waals surface area contributed by atoms with Crippen molar-refractivity contribution in [2.24, 2.45) is 0 Å². The second-order valence-corrected chi connectivity index (χ2v) is 6.26. The summed E-state index contributed by atoms with van der Waals surface area (Å²) in [6.45, 7) is 2.26. The van der Waals surface area contributed by atoms with Gasteiger partial charge in [0.15, 0.2) is 0 Å². The van der Waals surface area contributed by atoms with E-state index in [2.05, 4.69) is 21.2 Å². The van der Waals surface area contributed by atoms with Gasteiger partial charge in [0.05, 0.1) is 6.61 Å². The van der Waals surface area contributed by atoms with Crippen molar-refractivity contribution in [3.05, 3.63) is 28.7 Å². The summed E-state index contributed by atoms with van der Waals surface area (Å²) in [5.41, 5.74) is 0.392. The molecular weight excluding hydrogens is 314 g/mol. The summed E-state index contributed by atoms with van der Waals surface area (Å²) in [7, 11) is 0. The lowest BCUT2D eigenvalue weighted by Gasteiger charge is -2.28. The molecule has 1 unspecified atom stereocenters. The first-order valence-corrected chi connectivity index (χ1v) is 7.90. The highest BCUT2D eigenvalue weighted by Crippen LogP contribution is 2.33. The fourth-order valence-electron chi connectivity index (χ4n) is 1.95. The highest BCUT2D eigenvalue weighted by Gasteiger charge is 2.43. The van der Waals surface area contributed by atoms with Gasteiger partial charge in [-0.3, -0.25) is 0 Å². The molecule has 0 bridgehead atoms. The molecule has 1 fully saturated rings. The summed E-state index contributed by atoms with van der Waals surface area (Å²) in [6, 6.07) is 7.86. The number of hydrogen-bond donors (Lipinski definition) is 1. The van der Waals surface area contributed by atoms with Gasteiger partial charge < -0.3 is 10.1 Å². The fourth-order valence-corrected chi connectivity index (χ4v) is 3.54. The van der Waals surface area contributed by atoms with Crippen LogP contribution < -0.4 is 5.32 Å². The van der Waals surface area contributed by atoms with E-state index in [1.165, 1.54) is 0 Å². The Morgan fingerprint density at radius 1 is 1.50 bits per heavy atom. The second-order valence-electron chi connectivity index (χ2n) is 4.24. The Morgan fingerprint density at radius 3 is 2.78 bits per heavy atom. The number of esters is 1. The molecule has 0 amide bonds. The summed E-state index contributed by atoms with van der Waals surface area (Å²) in [6.07, 6.45) is 0.812. The number of anilines is 1. The number of halogens is 1. The van der Waals surface area contributed by atoms with E-state index in [1.807, 2.05) is 31.2 Å². The average Bonchev–Trinajstić information content (AvgIpc) is 2.82. The van der Waals surface area contributed by atoms with E-state index in [0.717, 1.165) is 28.1 Å². The monoisotopic (exact) mass is 329 g/mol. The third kappa shape index (κ3) is 3.01. The molecule has 1 heterocycles. The van der Waals surface area contributed by atoms with Crippen molar-refractivity contribution in [2.75, 3.05) is 23.4 Å². The van der Waals surface area contributed by atoms with Gasteiger partial charge in [-0.1, -0.05) is 15.9 Å². The van der Waals surface area contributed by atoms with Crippen molar-refractivity contribution >= 4 is 39.3 Å². The molecule has 1 aromatic carbocycles. The molecule has 0 aromatic heterocycles. The molecule has 1 atom stereocenters. The van der Waals surface area contributed by atoms with Crippen molar-refractivity contribution in [3.63, 3.8) is 0 Å². The van der Waals surface area contributed by atoms with Gasteiger partial charge in [0.1, 0.15) is 5.54 Å². The van der Waals surface area contributed by atoms with E-state index in [0.29, 0.717) is 6.61 Å². The third-order valence-corrected chi connectivity index (χ3v) is 4.63. The molecule has 18 heavy (non-hydrogen) atoms. The van der Waals surface area contributed by atoms with Crippen LogP contribution in [-0.4, -0.2) is 29.6 Å². The van der Waals surface area contributed by atoms with Crippen LogP contribution in [0.3, 0.4) is 0 Å². The van der Waals surface area contributed by atoms with Crippen LogP contribution in [0.2, 0.25) is 0 Å². The maximum Gasteiger partial charge on any atom is 0.332 e. The van der Waals surface area contributed by atoms with Crippen molar-refractivity contribution in [2.45, 2.75) is 18.9 Å². The van der Waals surface area contributed by atoms with E-state index in [4.69, 9.17) is 4.74 Å². The standard InChI is InChI=1S/C13H16BrNO2S/c1-2-17-12(16)13(7-8-18-9-13)15-11-5-3-10(14)4-6-11/h3-6,15H,2,7-9H2,1H3. The zero-order valence-electron chi connectivity index (χ0n) is 10.2. The normalized spacial score (nSPS) is 22.8. The van der Waals surface area contributed by atoms with Gasteiger partial charge in [-0.2, -0.15) is 11.8 Å². The topological polar surface area (TPSA) is 38.3 Å². The van der Waals surface area contributed by atoms with E-state index < -0.39 is 5.54 Å². The lowest BCUT2D eigenvalue weighted by molar-refractivity contribution is -0.147. The number of carbonyl (C=O) groups is 1. The van der Waals surface area contributed by atoms with Gasteiger partial charge >= 0.3 is 5.97 Å². The third-order valence-electron chi connectivity index (χ3n) is 2.92. The maximum absolute atomic E-state index is 12.1. The predicted octanol–water partition coefficient (Wildman–Crippen LogP) is 3.30. The van der Waals surface area contributed by atoms with Gasteiger partial charge in [-0.05, 0) is 43.4 Å². The van der Waals surface area contributed by atoms with Crippen LogP contribution in [0.1, 0.15) is 13.3 Å². The second kappa shape index (κ2) is 5.97. The Balaban J connectivity index is 2.15. The smallest absolute Gasteiger partial charge is 0.332 e. The molecule has 98 valence electrons. The van der Waals surface area contributed by atoms with Crippen LogP contribution in [0.25, 0.3) is 0 Å². The Hall–Kier alpha value is -0.680. The van der Waals surface area contributed by atoms with Gasteiger partial charge in [0.25, 0.3) is 0 Å². The van der Waals surface area contributed by atoms with Gasteiger partial charge in [-0.15, -0.1) is 0 Å². The largest absolute Gasteiger partial charge is 0.464 e. The molecule has 1 aliphatic rings.